The van der Waals surface area contributed by atoms with Crippen LogP contribution in [0.25, 0.3) is 0 Å². The van der Waals surface area contributed by atoms with Gasteiger partial charge in [-0.25, -0.2) is 0 Å². The molecule has 1 fully saturated rings. The van der Waals surface area contributed by atoms with Crippen LogP contribution in [0.1, 0.15) is 60.5 Å². The monoisotopic (exact) mass is 381 g/mol. The average Bonchev–Trinajstić information content (AvgIpc) is 2.78. The van der Waals surface area contributed by atoms with Crippen molar-refractivity contribution in [2.75, 3.05) is 14.2 Å². The molecule has 0 unspecified atom stereocenters. The molecule has 0 radical (unpaired) electrons. The van der Waals surface area contributed by atoms with E-state index in [0.717, 1.165) is 40.9 Å². The van der Waals surface area contributed by atoms with Gasteiger partial charge in [0.1, 0.15) is 17.8 Å². The van der Waals surface area contributed by atoms with Crippen molar-refractivity contribution in [1.29, 1.82) is 0 Å². The summed E-state index contributed by atoms with van der Waals surface area (Å²) in [6.07, 6.45) is 10.2. The molecule has 0 amide bonds. The van der Waals surface area contributed by atoms with Crippen LogP contribution in [-0.4, -0.2) is 32.8 Å². The van der Waals surface area contributed by atoms with Crippen molar-refractivity contribution >= 4 is 12.5 Å². The van der Waals surface area contributed by atoms with E-state index in [4.69, 9.17) is 9.47 Å². The van der Waals surface area contributed by atoms with Gasteiger partial charge in [-0.1, -0.05) is 50.5 Å². The van der Waals surface area contributed by atoms with Crippen LogP contribution in [0.3, 0.4) is 0 Å². The van der Waals surface area contributed by atoms with Crippen molar-refractivity contribution in [1.82, 2.24) is 0 Å². The Balaban J connectivity index is 0.000000209. The van der Waals surface area contributed by atoms with Crippen LogP contribution in [-0.2, 0) is 6.42 Å². The van der Waals surface area contributed by atoms with Crippen molar-refractivity contribution in [3.8, 4) is 11.5 Å². The first-order chi connectivity index (χ1) is 13.7. The molecular formula is C24H31NO3. The fourth-order valence-electron chi connectivity index (χ4n) is 3.41. The van der Waals surface area contributed by atoms with E-state index < -0.39 is 0 Å². The normalized spacial score (nSPS) is 14.2. The number of ether oxygens (including phenoxy) is 2. The second-order valence-electron chi connectivity index (χ2n) is 6.85. The van der Waals surface area contributed by atoms with Crippen LogP contribution in [0.15, 0.2) is 47.5 Å². The van der Waals surface area contributed by atoms with Crippen molar-refractivity contribution in [2.45, 2.75) is 51.5 Å². The third-order valence-corrected chi connectivity index (χ3v) is 4.97. The summed E-state index contributed by atoms with van der Waals surface area (Å²) in [5.74, 6) is 1.69. The number of carbonyl (C=O) groups excluding carboxylic acids is 1. The summed E-state index contributed by atoms with van der Waals surface area (Å²) in [7, 11) is 3.31. The molecule has 0 spiro atoms. The fourth-order valence-corrected chi connectivity index (χ4v) is 3.41. The highest BCUT2D eigenvalue weighted by atomic mass is 16.5. The Kier molecular flexibility index (Phi) is 9.26. The number of rotatable bonds is 6. The van der Waals surface area contributed by atoms with E-state index in [-0.39, 0.29) is 0 Å². The van der Waals surface area contributed by atoms with Gasteiger partial charge in [0.2, 0.25) is 0 Å². The Morgan fingerprint density at radius 3 is 2.43 bits per heavy atom. The summed E-state index contributed by atoms with van der Waals surface area (Å²) in [5, 5.41) is 0. The zero-order valence-electron chi connectivity index (χ0n) is 17.2. The van der Waals surface area contributed by atoms with E-state index in [2.05, 4.69) is 11.1 Å². The molecule has 28 heavy (non-hydrogen) atoms. The molecule has 4 heteroatoms. The maximum Gasteiger partial charge on any atom is 0.150 e. The first kappa shape index (κ1) is 21.7. The number of benzene rings is 2. The molecule has 0 saturated heterocycles. The van der Waals surface area contributed by atoms with Gasteiger partial charge in [0.05, 0.1) is 14.2 Å². The third kappa shape index (κ3) is 6.52. The highest BCUT2D eigenvalue weighted by Crippen LogP contribution is 2.21. The number of aliphatic imine (C=N–C) groups is 1. The average molecular weight is 382 g/mol. The third-order valence-electron chi connectivity index (χ3n) is 4.97. The topological polar surface area (TPSA) is 47.9 Å². The van der Waals surface area contributed by atoms with Gasteiger partial charge in [-0.15, -0.1) is 0 Å². The van der Waals surface area contributed by atoms with Crippen molar-refractivity contribution in [2.24, 2.45) is 4.99 Å². The van der Waals surface area contributed by atoms with Gasteiger partial charge in [-0.05, 0) is 43.0 Å². The molecule has 1 saturated carbocycles. The molecule has 0 aromatic heterocycles. The number of methoxy groups -OCH3 is 2. The highest BCUT2D eigenvalue weighted by Gasteiger charge is 2.10. The maximum absolute atomic E-state index is 10.6. The Morgan fingerprint density at radius 2 is 1.79 bits per heavy atom. The maximum atomic E-state index is 10.6. The van der Waals surface area contributed by atoms with Gasteiger partial charge >= 0.3 is 0 Å². The minimum absolute atomic E-state index is 0.542. The van der Waals surface area contributed by atoms with Gasteiger partial charge < -0.3 is 9.47 Å². The minimum atomic E-state index is 0.542. The number of nitrogens with zero attached hydrogens (tertiary/aromatic N) is 1. The molecule has 3 rings (SSSR count). The Labute approximate surface area is 168 Å². The summed E-state index contributed by atoms with van der Waals surface area (Å²) in [4.78, 5) is 15.2. The zero-order chi connectivity index (χ0) is 20.2. The first-order valence-corrected chi connectivity index (χ1v) is 10.00. The molecule has 1 aliphatic rings. The SMILES string of the molecule is CCc1c(C=O)cccc1OC.COc1cccc(C=NC2CCCCC2)c1. The molecule has 150 valence electrons. The molecule has 0 atom stereocenters. The van der Waals surface area contributed by atoms with E-state index in [1.165, 1.54) is 32.1 Å². The molecule has 2 aromatic rings. The molecule has 0 N–H and O–H groups in total. The standard InChI is InChI=1S/C14H19NO.C10H12O2/c1-16-14-9-5-6-12(10-14)11-15-13-7-3-2-4-8-13;1-3-9-8(7-11)5-4-6-10(9)12-2/h5-6,9-11,13H,2-4,7-8H2,1H3;4-7H,3H2,1-2H3. The largest absolute Gasteiger partial charge is 0.497 e. The first-order valence-electron chi connectivity index (χ1n) is 10.00. The summed E-state index contributed by atoms with van der Waals surface area (Å²) in [6.45, 7) is 2.00. The summed E-state index contributed by atoms with van der Waals surface area (Å²) < 4.78 is 10.3. The molecule has 2 aromatic carbocycles. The van der Waals surface area contributed by atoms with Crippen molar-refractivity contribution in [3.05, 3.63) is 59.2 Å². The van der Waals surface area contributed by atoms with Crippen molar-refractivity contribution in [3.63, 3.8) is 0 Å². The molecule has 0 bridgehead atoms. The number of hydrogen-bond acceptors (Lipinski definition) is 4. The van der Waals surface area contributed by atoms with Crippen LogP contribution in [0.5, 0.6) is 11.5 Å². The van der Waals surface area contributed by atoms with Crippen LogP contribution in [0.4, 0.5) is 0 Å². The number of carbonyl (C=O) groups is 1. The van der Waals surface area contributed by atoms with Crippen LogP contribution in [0, 0.1) is 0 Å². The van der Waals surface area contributed by atoms with Gasteiger partial charge in [0.15, 0.2) is 0 Å². The lowest BCUT2D eigenvalue weighted by molar-refractivity contribution is 0.112. The molecule has 4 nitrogen and oxygen atoms in total. The quantitative estimate of drug-likeness (QED) is 0.489. The summed E-state index contributed by atoms with van der Waals surface area (Å²) in [6, 6.07) is 14.1. The molecule has 0 aliphatic heterocycles. The van der Waals surface area contributed by atoms with E-state index in [9.17, 15) is 4.79 Å². The summed E-state index contributed by atoms with van der Waals surface area (Å²) in [5.41, 5.74) is 2.83. The van der Waals surface area contributed by atoms with Gasteiger partial charge in [-0.3, -0.25) is 9.79 Å². The Bertz CT molecular complexity index is 764. The smallest absolute Gasteiger partial charge is 0.150 e. The van der Waals surface area contributed by atoms with Crippen LogP contribution in [0.2, 0.25) is 0 Å². The highest BCUT2D eigenvalue weighted by molar-refractivity contribution is 5.80. The lowest BCUT2D eigenvalue weighted by Crippen LogP contribution is -2.09. The van der Waals surface area contributed by atoms with Gasteiger partial charge in [0.25, 0.3) is 0 Å². The number of aldehydes is 1. The lowest BCUT2D eigenvalue weighted by atomic mass is 9.96. The van der Waals surface area contributed by atoms with Gasteiger partial charge in [-0.2, -0.15) is 0 Å². The summed E-state index contributed by atoms with van der Waals surface area (Å²) >= 11 is 0. The molecule has 0 heterocycles. The lowest BCUT2D eigenvalue weighted by Gasteiger charge is -2.17. The van der Waals surface area contributed by atoms with Crippen LogP contribution < -0.4 is 9.47 Å². The minimum Gasteiger partial charge on any atom is -0.497 e. The Hall–Kier alpha value is -2.62. The molecule has 1 aliphatic carbocycles. The molecular weight excluding hydrogens is 350 g/mol. The second kappa shape index (κ2) is 12.0. The fraction of sp³-hybridized carbons (Fsp3) is 0.417. The van der Waals surface area contributed by atoms with E-state index in [1.807, 2.05) is 43.5 Å². The van der Waals surface area contributed by atoms with Crippen LogP contribution >= 0.6 is 0 Å². The van der Waals surface area contributed by atoms with Crippen molar-refractivity contribution < 1.29 is 14.3 Å². The zero-order valence-corrected chi connectivity index (χ0v) is 17.2. The predicted octanol–water partition coefficient (Wildman–Crippen LogP) is 5.52. The van der Waals surface area contributed by atoms with E-state index >= 15 is 0 Å². The Morgan fingerprint density at radius 1 is 1.04 bits per heavy atom. The van der Waals surface area contributed by atoms with Gasteiger partial charge in [0, 0.05) is 23.4 Å². The second-order valence-corrected chi connectivity index (χ2v) is 6.85. The number of hydrogen-bond donors (Lipinski definition) is 0. The van der Waals surface area contributed by atoms with E-state index in [0.29, 0.717) is 6.04 Å². The predicted molar refractivity (Wildman–Crippen MR) is 115 cm³/mol. The van der Waals surface area contributed by atoms with E-state index in [1.54, 1.807) is 20.3 Å².